The van der Waals surface area contributed by atoms with Crippen molar-refractivity contribution in [2.45, 2.75) is 32.7 Å². The Bertz CT molecular complexity index is 115. The van der Waals surface area contributed by atoms with Crippen LogP contribution in [0, 0.1) is 0 Å². The van der Waals surface area contributed by atoms with E-state index in [1.807, 2.05) is 19.9 Å². The molecule has 0 aromatic heterocycles. The van der Waals surface area contributed by atoms with Gasteiger partial charge in [-0.05, 0) is 33.0 Å². The molecule has 1 heterocycles. The van der Waals surface area contributed by atoms with Gasteiger partial charge in [-0.1, -0.05) is 19.9 Å². The molecule has 0 aliphatic carbocycles. The minimum atomic E-state index is 0.726. The topological polar surface area (TPSA) is 15.3 Å². The van der Waals surface area contributed by atoms with Crippen LogP contribution in [0.1, 0.15) is 26.7 Å². The van der Waals surface area contributed by atoms with E-state index in [0.717, 1.165) is 12.6 Å². The molecular formula is C11H24N2. The van der Waals surface area contributed by atoms with Crippen molar-refractivity contribution < 1.29 is 0 Å². The Morgan fingerprint density at radius 2 is 1.92 bits per heavy atom. The average molecular weight is 184 g/mol. The van der Waals surface area contributed by atoms with Crippen molar-refractivity contribution in [3.8, 4) is 0 Å². The Balaban J connectivity index is 0.000000671. The summed E-state index contributed by atoms with van der Waals surface area (Å²) in [7, 11) is 2.18. The van der Waals surface area contributed by atoms with Gasteiger partial charge in [-0.25, -0.2) is 0 Å². The van der Waals surface area contributed by atoms with Gasteiger partial charge in [0, 0.05) is 12.6 Å². The summed E-state index contributed by atoms with van der Waals surface area (Å²) >= 11 is 0. The van der Waals surface area contributed by atoms with E-state index < -0.39 is 0 Å². The molecule has 0 aromatic carbocycles. The van der Waals surface area contributed by atoms with Crippen molar-refractivity contribution in [1.29, 1.82) is 0 Å². The molecule has 1 aliphatic rings. The maximum absolute atomic E-state index is 3.69. The van der Waals surface area contributed by atoms with Gasteiger partial charge >= 0.3 is 0 Å². The van der Waals surface area contributed by atoms with Crippen molar-refractivity contribution in [2.75, 3.05) is 26.7 Å². The second-order valence-corrected chi connectivity index (χ2v) is 3.27. The van der Waals surface area contributed by atoms with Gasteiger partial charge in [0.05, 0.1) is 0 Å². The largest absolute Gasteiger partial charge is 0.310 e. The lowest BCUT2D eigenvalue weighted by Crippen LogP contribution is -2.40. The van der Waals surface area contributed by atoms with E-state index in [4.69, 9.17) is 0 Å². The van der Waals surface area contributed by atoms with Crippen LogP contribution in [-0.2, 0) is 0 Å². The second kappa shape index (κ2) is 8.27. The fourth-order valence-corrected chi connectivity index (χ4v) is 1.46. The van der Waals surface area contributed by atoms with Crippen LogP contribution in [0.15, 0.2) is 12.7 Å². The van der Waals surface area contributed by atoms with Crippen molar-refractivity contribution >= 4 is 0 Å². The van der Waals surface area contributed by atoms with Crippen molar-refractivity contribution in [3.63, 3.8) is 0 Å². The van der Waals surface area contributed by atoms with E-state index in [1.165, 1.54) is 25.9 Å². The maximum atomic E-state index is 3.69. The summed E-state index contributed by atoms with van der Waals surface area (Å²) in [6.45, 7) is 11.1. The second-order valence-electron chi connectivity index (χ2n) is 3.27. The molecule has 13 heavy (non-hydrogen) atoms. The van der Waals surface area contributed by atoms with Crippen LogP contribution in [0.3, 0.4) is 0 Å². The van der Waals surface area contributed by atoms with E-state index in [9.17, 15) is 0 Å². The fourth-order valence-electron chi connectivity index (χ4n) is 1.46. The van der Waals surface area contributed by atoms with Crippen molar-refractivity contribution in [3.05, 3.63) is 12.7 Å². The third kappa shape index (κ3) is 5.83. The lowest BCUT2D eigenvalue weighted by molar-refractivity contribution is 0.238. The van der Waals surface area contributed by atoms with Gasteiger partial charge in [0.2, 0.25) is 0 Å². The number of likely N-dealkylation sites (tertiary alicyclic amines) is 1. The number of piperidine rings is 1. The Morgan fingerprint density at radius 1 is 1.38 bits per heavy atom. The molecule has 1 aliphatic heterocycles. The minimum Gasteiger partial charge on any atom is -0.310 e. The van der Waals surface area contributed by atoms with Gasteiger partial charge < -0.3 is 10.2 Å². The molecule has 1 saturated heterocycles. The molecule has 0 unspecified atom stereocenters. The third-order valence-corrected chi connectivity index (χ3v) is 2.27. The smallest absolute Gasteiger partial charge is 0.0134 e. The average Bonchev–Trinajstić information content (AvgIpc) is 2.20. The molecule has 0 spiro atoms. The first-order valence-corrected chi connectivity index (χ1v) is 5.35. The number of hydrogen-bond acceptors (Lipinski definition) is 2. The van der Waals surface area contributed by atoms with Crippen LogP contribution in [0.4, 0.5) is 0 Å². The first-order chi connectivity index (χ1) is 6.33. The zero-order valence-corrected chi connectivity index (χ0v) is 9.34. The molecule has 78 valence electrons. The van der Waals surface area contributed by atoms with Crippen LogP contribution in [0.25, 0.3) is 0 Å². The highest BCUT2D eigenvalue weighted by Gasteiger charge is 2.14. The highest BCUT2D eigenvalue weighted by atomic mass is 15.1. The Kier molecular flexibility index (Phi) is 8.05. The van der Waals surface area contributed by atoms with Crippen molar-refractivity contribution in [2.24, 2.45) is 0 Å². The van der Waals surface area contributed by atoms with E-state index >= 15 is 0 Å². The van der Waals surface area contributed by atoms with Gasteiger partial charge in [-0.2, -0.15) is 0 Å². The van der Waals surface area contributed by atoms with E-state index in [0.29, 0.717) is 0 Å². The zero-order chi connectivity index (χ0) is 10.1. The summed E-state index contributed by atoms with van der Waals surface area (Å²) in [5.41, 5.74) is 0. The van der Waals surface area contributed by atoms with E-state index in [-0.39, 0.29) is 0 Å². The van der Waals surface area contributed by atoms with Crippen LogP contribution < -0.4 is 5.32 Å². The summed E-state index contributed by atoms with van der Waals surface area (Å²) < 4.78 is 0. The highest BCUT2D eigenvalue weighted by molar-refractivity contribution is 4.79. The molecular weight excluding hydrogens is 160 g/mol. The Labute approximate surface area is 83.0 Å². The van der Waals surface area contributed by atoms with Gasteiger partial charge in [-0.15, -0.1) is 6.58 Å². The zero-order valence-electron chi connectivity index (χ0n) is 9.34. The van der Waals surface area contributed by atoms with Crippen LogP contribution >= 0.6 is 0 Å². The third-order valence-electron chi connectivity index (χ3n) is 2.27. The first-order valence-electron chi connectivity index (χ1n) is 5.35. The SMILES string of the molecule is C=CCNC1CCN(C)CC1.CC. The van der Waals surface area contributed by atoms with Crippen molar-refractivity contribution in [1.82, 2.24) is 10.2 Å². The summed E-state index contributed by atoms with van der Waals surface area (Å²) in [5, 5.41) is 3.45. The fraction of sp³-hybridized carbons (Fsp3) is 0.818. The van der Waals surface area contributed by atoms with E-state index in [2.05, 4.69) is 23.8 Å². The molecule has 2 nitrogen and oxygen atoms in total. The number of hydrogen-bond donors (Lipinski definition) is 1. The Hall–Kier alpha value is -0.340. The molecule has 0 amide bonds. The van der Waals surface area contributed by atoms with Crippen LogP contribution in [0.2, 0.25) is 0 Å². The quantitative estimate of drug-likeness (QED) is 0.674. The summed E-state index contributed by atoms with van der Waals surface area (Å²) in [5.74, 6) is 0. The van der Waals surface area contributed by atoms with Gasteiger partial charge in [0.15, 0.2) is 0 Å². The molecule has 0 saturated carbocycles. The standard InChI is InChI=1S/C9H18N2.C2H6/c1-3-6-10-9-4-7-11(2)8-5-9;1-2/h3,9-10H,1,4-8H2,2H3;1-2H3. The van der Waals surface area contributed by atoms with Gasteiger partial charge in [-0.3, -0.25) is 0 Å². The summed E-state index contributed by atoms with van der Waals surface area (Å²) in [6.07, 6.45) is 4.49. The molecule has 2 heteroatoms. The van der Waals surface area contributed by atoms with Crippen LogP contribution in [-0.4, -0.2) is 37.6 Å². The highest BCUT2D eigenvalue weighted by Crippen LogP contribution is 2.07. The Morgan fingerprint density at radius 3 is 2.38 bits per heavy atom. The molecule has 0 aromatic rings. The maximum Gasteiger partial charge on any atom is 0.0134 e. The lowest BCUT2D eigenvalue weighted by atomic mass is 10.1. The lowest BCUT2D eigenvalue weighted by Gasteiger charge is -2.29. The first kappa shape index (κ1) is 12.7. The monoisotopic (exact) mass is 184 g/mol. The molecule has 1 fully saturated rings. The van der Waals surface area contributed by atoms with Gasteiger partial charge in [0.1, 0.15) is 0 Å². The number of nitrogens with one attached hydrogen (secondary N) is 1. The predicted octanol–water partition coefficient (Wildman–Crippen LogP) is 1.88. The normalized spacial score (nSPS) is 19.0. The summed E-state index contributed by atoms with van der Waals surface area (Å²) in [4.78, 5) is 2.38. The molecule has 0 radical (unpaired) electrons. The number of nitrogens with zero attached hydrogens (tertiary/aromatic N) is 1. The minimum absolute atomic E-state index is 0.726. The summed E-state index contributed by atoms with van der Waals surface area (Å²) in [6, 6.07) is 0.726. The molecule has 0 atom stereocenters. The van der Waals surface area contributed by atoms with Crippen LogP contribution in [0.5, 0.6) is 0 Å². The van der Waals surface area contributed by atoms with E-state index in [1.54, 1.807) is 0 Å². The molecule has 0 bridgehead atoms. The molecule has 1 rings (SSSR count). The number of rotatable bonds is 3. The van der Waals surface area contributed by atoms with Gasteiger partial charge in [0.25, 0.3) is 0 Å². The molecule has 1 N–H and O–H groups in total. The predicted molar refractivity (Wildman–Crippen MR) is 60.1 cm³/mol.